The summed E-state index contributed by atoms with van der Waals surface area (Å²) in [5.74, 6) is 0.567. The average molecular weight is 327 g/mol. The number of imidazole rings is 1. The van der Waals surface area contributed by atoms with Crippen LogP contribution in [0.25, 0.3) is 5.69 Å². The van der Waals surface area contributed by atoms with Crippen LogP contribution in [0.4, 0.5) is 0 Å². The van der Waals surface area contributed by atoms with Crippen LogP contribution in [0.2, 0.25) is 0 Å². The first-order valence-electron chi connectivity index (χ1n) is 8.52. The number of rotatable bonds is 5. The van der Waals surface area contributed by atoms with E-state index in [1.807, 2.05) is 44.4 Å². The molecule has 0 bridgehead atoms. The first-order chi connectivity index (χ1) is 11.5. The molecule has 1 aromatic heterocycles. The maximum atomic E-state index is 11.4. The molecule has 2 aromatic rings. The third-order valence-electron chi connectivity index (χ3n) is 5.28. The molecule has 1 aliphatic rings. The number of likely N-dealkylation sites (tertiary alicyclic amines) is 1. The number of aromatic nitrogens is 2. The summed E-state index contributed by atoms with van der Waals surface area (Å²) < 4.78 is 2.12. The third kappa shape index (κ3) is 3.36. The minimum Gasteiger partial charge on any atom is -0.481 e. The van der Waals surface area contributed by atoms with Gasteiger partial charge < -0.3 is 9.67 Å². The van der Waals surface area contributed by atoms with E-state index in [0.29, 0.717) is 0 Å². The van der Waals surface area contributed by atoms with Crippen molar-refractivity contribution in [1.82, 2.24) is 14.5 Å². The molecular formula is C19H25N3O2. The van der Waals surface area contributed by atoms with Gasteiger partial charge in [0.05, 0.1) is 12.0 Å². The SMILES string of the molecule is CC(C)(C(=O)O)C1CCN(Cc2nccn2-c2ccccc2)CC1. The molecule has 0 unspecified atom stereocenters. The number of hydrogen-bond donors (Lipinski definition) is 1. The van der Waals surface area contributed by atoms with Gasteiger partial charge in [0.1, 0.15) is 5.82 Å². The van der Waals surface area contributed by atoms with Crippen molar-refractivity contribution in [1.29, 1.82) is 0 Å². The van der Waals surface area contributed by atoms with Crippen molar-refractivity contribution in [3.63, 3.8) is 0 Å². The number of carbonyl (C=O) groups is 1. The van der Waals surface area contributed by atoms with Gasteiger partial charge >= 0.3 is 5.97 Å². The van der Waals surface area contributed by atoms with Crippen LogP contribution >= 0.6 is 0 Å². The molecule has 24 heavy (non-hydrogen) atoms. The zero-order chi connectivity index (χ0) is 17.2. The summed E-state index contributed by atoms with van der Waals surface area (Å²) in [6, 6.07) is 10.2. The number of carboxylic acids is 1. The Hall–Kier alpha value is -2.14. The summed E-state index contributed by atoms with van der Waals surface area (Å²) in [4.78, 5) is 18.3. The summed E-state index contributed by atoms with van der Waals surface area (Å²) in [5.41, 5.74) is 0.473. The number of para-hydroxylation sites is 1. The van der Waals surface area contributed by atoms with Crippen LogP contribution < -0.4 is 0 Å². The van der Waals surface area contributed by atoms with Crippen LogP contribution in [0.1, 0.15) is 32.5 Å². The lowest BCUT2D eigenvalue weighted by molar-refractivity contribution is -0.151. The van der Waals surface area contributed by atoms with Gasteiger partial charge in [-0.05, 0) is 57.8 Å². The molecule has 128 valence electrons. The predicted molar refractivity (Wildman–Crippen MR) is 93.0 cm³/mol. The molecule has 0 radical (unpaired) electrons. The fourth-order valence-corrected chi connectivity index (χ4v) is 3.46. The van der Waals surface area contributed by atoms with Crippen molar-refractivity contribution in [2.24, 2.45) is 11.3 Å². The Morgan fingerprint density at radius 1 is 1.25 bits per heavy atom. The van der Waals surface area contributed by atoms with Gasteiger partial charge in [-0.15, -0.1) is 0 Å². The van der Waals surface area contributed by atoms with Gasteiger partial charge in [0, 0.05) is 18.1 Å². The van der Waals surface area contributed by atoms with E-state index >= 15 is 0 Å². The molecule has 1 N–H and O–H groups in total. The highest BCUT2D eigenvalue weighted by molar-refractivity contribution is 5.74. The largest absolute Gasteiger partial charge is 0.481 e. The lowest BCUT2D eigenvalue weighted by atomic mass is 9.74. The highest BCUT2D eigenvalue weighted by Crippen LogP contribution is 2.35. The topological polar surface area (TPSA) is 58.4 Å². The molecule has 3 rings (SSSR count). The highest BCUT2D eigenvalue weighted by atomic mass is 16.4. The van der Waals surface area contributed by atoms with Gasteiger partial charge in [-0.1, -0.05) is 18.2 Å². The highest BCUT2D eigenvalue weighted by Gasteiger charge is 2.38. The zero-order valence-corrected chi connectivity index (χ0v) is 14.4. The molecule has 2 heterocycles. The van der Waals surface area contributed by atoms with Gasteiger partial charge in [-0.2, -0.15) is 0 Å². The molecule has 1 saturated heterocycles. The molecule has 5 heteroatoms. The van der Waals surface area contributed by atoms with Gasteiger partial charge in [0.25, 0.3) is 0 Å². The first kappa shape index (κ1) is 16.7. The number of benzene rings is 1. The van der Waals surface area contributed by atoms with E-state index in [1.165, 1.54) is 0 Å². The van der Waals surface area contributed by atoms with Gasteiger partial charge in [0.2, 0.25) is 0 Å². The monoisotopic (exact) mass is 327 g/mol. The molecule has 1 aromatic carbocycles. The van der Waals surface area contributed by atoms with E-state index in [4.69, 9.17) is 0 Å². The quantitative estimate of drug-likeness (QED) is 0.916. The van der Waals surface area contributed by atoms with Gasteiger partial charge in [0.15, 0.2) is 0 Å². The number of aliphatic carboxylic acids is 1. The second-order valence-electron chi connectivity index (χ2n) is 7.13. The van der Waals surface area contributed by atoms with E-state index < -0.39 is 11.4 Å². The molecule has 1 aliphatic heterocycles. The fraction of sp³-hybridized carbons (Fsp3) is 0.474. The number of nitrogens with zero attached hydrogens (tertiary/aromatic N) is 3. The van der Waals surface area contributed by atoms with E-state index in [9.17, 15) is 9.90 Å². The summed E-state index contributed by atoms with van der Waals surface area (Å²) in [7, 11) is 0. The van der Waals surface area contributed by atoms with Crippen molar-refractivity contribution in [2.75, 3.05) is 13.1 Å². The van der Waals surface area contributed by atoms with Crippen LogP contribution in [0, 0.1) is 11.3 Å². The Morgan fingerprint density at radius 3 is 2.54 bits per heavy atom. The Bertz CT molecular complexity index is 686. The summed E-state index contributed by atoms with van der Waals surface area (Å²) >= 11 is 0. The zero-order valence-electron chi connectivity index (χ0n) is 14.4. The number of piperidine rings is 1. The first-order valence-corrected chi connectivity index (χ1v) is 8.52. The maximum Gasteiger partial charge on any atom is 0.309 e. The lowest BCUT2D eigenvalue weighted by Crippen LogP contribution is -2.42. The molecule has 1 fully saturated rings. The summed E-state index contributed by atoms with van der Waals surface area (Å²) in [6.45, 7) is 6.32. The average Bonchev–Trinajstić information content (AvgIpc) is 3.04. The fourth-order valence-electron chi connectivity index (χ4n) is 3.46. The molecule has 0 spiro atoms. The number of hydrogen-bond acceptors (Lipinski definition) is 3. The van der Waals surface area contributed by atoms with Crippen LogP contribution in [0.15, 0.2) is 42.7 Å². The van der Waals surface area contributed by atoms with Crippen molar-refractivity contribution in [3.8, 4) is 5.69 Å². The van der Waals surface area contributed by atoms with Crippen LogP contribution in [-0.2, 0) is 11.3 Å². The molecule has 0 atom stereocenters. The van der Waals surface area contributed by atoms with Crippen molar-refractivity contribution in [2.45, 2.75) is 33.2 Å². The molecule has 0 saturated carbocycles. The van der Waals surface area contributed by atoms with Gasteiger partial charge in [-0.25, -0.2) is 4.98 Å². The Kier molecular flexibility index (Phi) is 4.71. The normalized spacial score (nSPS) is 17.1. The van der Waals surface area contributed by atoms with Crippen LogP contribution in [0.3, 0.4) is 0 Å². The van der Waals surface area contributed by atoms with Crippen molar-refractivity contribution >= 4 is 5.97 Å². The molecule has 0 amide bonds. The smallest absolute Gasteiger partial charge is 0.309 e. The molecular weight excluding hydrogens is 302 g/mol. The molecule has 5 nitrogen and oxygen atoms in total. The van der Waals surface area contributed by atoms with Crippen molar-refractivity contribution < 1.29 is 9.90 Å². The Labute approximate surface area is 142 Å². The second kappa shape index (κ2) is 6.77. The van der Waals surface area contributed by atoms with Gasteiger partial charge in [-0.3, -0.25) is 9.69 Å². The number of carboxylic acid groups (broad SMARTS) is 1. The Balaban J connectivity index is 1.64. The minimum atomic E-state index is -0.694. The van der Waals surface area contributed by atoms with Crippen LogP contribution in [-0.4, -0.2) is 38.6 Å². The van der Waals surface area contributed by atoms with E-state index in [1.54, 1.807) is 0 Å². The summed E-state index contributed by atoms with van der Waals surface area (Å²) in [5, 5.41) is 9.40. The Morgan fingerprint density at radius 2 is 1.92 bits per heavy atom. The van der Waals surface area contributed by atoms with E-state index in [0.717, 1.165) is 44.0 Å². The minimum absolute atomic E-state index is 0.236. The lowest BCUT2D eigenvalue weighted by Gasteiger charge is -2.38. The maximum absolute atomic E-state index is 11.4. The standard InChI is InChI=1S/C19H25N3O2/c1-19(2,18(23)24)15-8-11-21(12-9-15)14-17-20-10-13-22(17)16-6-4-3-5-7-16/h3-7,10,13,15H,8-9,11-12,14H2,1-2H3,(H,23,24). The van der Waals surface area contributed by atoms with Crippen LogP contribution in [0.5, 0.6) is 0 Å². The van der Waals surface area contributed by atoms with E-state index in [-0.39, 0.29) is 5.92 Å². The van der Waals surface area contributed by atoms with Crippen molar-refractivity contribution in [3.05, 3.63) is 48.5 Å². The summed E-state index contributed by atoms with van der Waals surface area (Å²) in [6.07, 6.45) is 5.67. The third-order valence-corrected chi connectivity index (χ3v) is 5.28. The van der Waals surface area contributed by atoms with E-state index in [2.05, 4.69) is 26.6 Å². The molecule has 0 aliphatic carbocycles. The predicted octanol–water partition coefficient (Wildman–Crippen LogP) is 3.20. The second-order valence-corrected chi connectivity index (χ2v) is 7.13.